The van der Waals surface area contributed by atoms with Crippen molar-refractivity contribution in [2.24, 2.45) is 5.92 Å². The number of nitrogens with two attached hydrogens (primary N) is 1. The number of amides is 4. The number of anilines is 2. The van der Waals surface area contributed by atoms with E-state index in [0.29, 0.717) is 74.3 Å². The molecule has 4 aliphatic heterocycles. The van der Waals surface area contributed by atoms with Crippen LogP contribution in [0.25, 0.3) is 0 Å². The smallest absolute Gasteiger partial charge is 0.323 e. The summed E-state index contributed by atoms with van der Waals surface area (Å²) in [5.74, 6) is 2.02. The van der Waals surface area contributed by atoms with E-state index in [1.54, 1.807) is 23.5 Å². The third kappa shape index (κ3) is 7.15. The Bertz CT molecular complexity index is 1480. The average Bonchev–Trinajstić information content (AvgIpc) is 3.53. The van der Waals surface area contributed by atoms with E-state index >= 15 is 0 Å². The SMILES string of the molecule is C#Cc1cc(C[C@@H](CC(=O)N2CCC(N3Cc4ccsc4NC3=O)CC2)C(=O)N2CCC(N3CCN(C)CC3)CC2)cc(Cl)c1N. The zero-order valence-corrected chi connectivity index (χ0v) is 28.1. The fraction of sp³-hybridized carbons (Fsp3) is 0.559. The van der Waals surface area contributed by atoms with Crippen LogP contribution in [0.1, 0.15) is 48.8 Å². The summed E-state index contributed by atoms with van der Waals surface area (Å²) >= 11 is 7.96. The Balaban J connectivity index is 1.10. The normalized spacial score (nSPS) is 21.1. The summed E-state index contributed by atoms with van der Waals surface area (Å²) in [7, 11) is 2.16. The van der Waals surface area contributed by atoms with Gasteiger partial charge in [-0.3, -0.25) is 19.8 Å². The van der Waals surface area contributed by atoms with Crippen molar-refractivity contribution in [1.82, 2.24) is 24.5 Å². The second-order valence-electron chi connectivity index (χ2n) is 13.1. The largest absolute Gasteiger partial charge is 0.397 e. The fourth-order valence-corrected chi connectivity index (χ4v) is 8.44. The summed E-state index contributed by atoms with van der Waals surface area (Å²) in [4.78, 5) is 51.3. The molecule has 0 spiro atoms. The van der Waals surface area contributed by atoms with Gasteiger partial charge < -0.3 is 25.3 Å². The number of thiophene rings is 1. The van der Waals surface area contributed by atoms with Gasteiger partial charge >= 0.3 is 6.03 Å². The van der Waals surface area contributed by atoms with Gasteiger partial charge in [0, 0.05) is 82.0 Å². The number of hydrogen-bond donors (Lipinski definition) is 2. The standard InChI is InChI=1S/C34H44ClN7O3S/c1-3-24-18-23(20-29(35)31(24)36)19-26(33(44)41-11-4-27(5-12-41)39-15-13-38(2)14-16-39)21-30(43)40-9-6-28(7-10-40)42-22-25-8-17-46-32(25)37-34(42)45/h1,8,17-18,20,26-28H,4-7,9-16,19,21-22,36H2,2H3,(H,37,45)/t26-/m0/s1. The van der Waals surface area contributed by atoms with E-state index < -0.39 is 5.92 Å². The van der Waals surface area contributed by atoms with Gasteiger partial charge in [-0.1, -0.05) is 17.5 Å². The highest BCUT2D eigenvalue weighted by Gasteiger charge is 2.36. The van der Waals surface area contributed by atoms with Crippen LogP contribution >= 0.6 is 22.9 Å². The predicted octanol–water partition coefficient (Wildman–Crippen LogP) is 3.79. The Kier molecular flexibility index (Phi) is 10.1. The molecule has 4 aliphatic rings. The minimum atomic E-state index is -0.541. The number of piperazine rings is 1. The summed E-state index contributed by atoms with van der Waals surface area (Å²) in [5.41, 5.74) is 8.85. The zero-order valence-electron chi connectivity index (χ0n) is 26.5. The van der Waals surface area contributed by atoms with Crippen LogP contribution < -0.4 is 11.1 Å². The molecule has 0 unspecified atom stereocenters. The van der Waals surface area contributed by atoms with Crippen LogP contribution in [0.5, 0.6) is 0 Å². The molecule has 1 aromatic carbocycles. The van der Waals surface area contributed by atoms with Crippen LogP contribution in [-0.4, -0.2) is 114 Å². The predicted molar refractivity (Wildman–Crippen MR) is 183 cm³/mol. The molecule has 0 bridgehead atoms. The van der Waals surface area contributed by atoms with Gasteiger partial charge in [0.2, 0.25) is 11.8 Å². The summed E-state index contributed by atoms with van der Waals surface area (Å²) in [5, 5.41) is 6.27. The lowest BCUT2D eigenvalue weighted by Gasteiger charge is -2.42. The van der Waals surface area contributed by atoms with Gasteiger partial charge in [0.25, 0.3) is 0 Å². The van der Waals surface area contributed by atoms with E-state index in [1.165, 1.54) is 0 Å². The molecule has 3 fully saturated rings. The molecule has 2 aromatic rings. The number of likely N-dealkylation sites (N-methyl/N-ethyl adjacent to an activating group) is 1. The molecule has 12 heteroatoms. The Labute approximate surface area is 280 Å². The van der Waals surface area contributed by atoms with Crippen molar-refractivity contribution in [2.45, 2.75) is 57.2 Å². The molecular weight excluding hydrogens is 622 g/mol. The molecule has 1 atom stereocenters. The van der Waals surface area contributed by atoms with Crippen molar-refractivity contribution < 1.29 is 14.4 Å². The number of piperidine rings is 2. The first-order valence-corrected chi connectivity index (χ1v) is 17.6. The van der Waals surface area contributed by atoms with E-state index in [0.717, 1.165) is 55.1 Å². The lowest BCUT2D eigenvalue weighted by molar-refractivity contribution is -0.143. The highest BCUT2D eigenvalue weighted by atomic mass is 35.5. The number of benzene rings is 1. The number of urea groups is 1. The number of likely N-dealkylation sites (tertiary alicyclic amines) is 2. The van der Waals surface area contributed by atoms with Crippen molar-refractivity contribution in [1.29, 1.82) is 0 Å². The number of carbonyl (C=O) groups is 3. The molecule has 10 nitrogen and oxygen atoms in total. The fourth-order valence-electron chi connectivity index (χ4n) is 7.40. The van der Waals surface area contributed by atoms with Gasteiger partial charge in [0.15, 0.2) is 0 Å². The number of rotatable bonds is 7. The number of carbonyl (C=O) groups excluding carboxylic acids is 3. The minimum Gasteiger partial charge on any atom is -0.397 e. The van der Waals surface area contributed by atoms with E-state index in [2.05, 4.69) is 34.2 Å². The van der Waals surface area contributed by atoms with E-state index in [-0.39, 0.29) is 30.3 Å². The van der Waals surface area contributed by atoms with Crippen LogP contribution in [0.15, 0.2) is 23.6 Å². The van der Waals surface area contributed by atoms with Gasteiger partial charge in [-0.2, -0.15) is 0 Å². The zero-order chi connectivity index (χ0) is 32.4. The van der Waals surface area contributed by atoms with E-state index in [1.807, 2.05) is 20.1 Å². The van der Waals surface area contributed by atoms with Gasteiger partial charge in [-0.15, -0.1) is 17.8 Å². The summed E-state index contributed by atoms with van der Waals surface area (Å²) in [6, 6.07) is 6.10. The quantitative estimate of drug-likeness (QED) is 0.345. The topological polar surface area (TPSA) is 105 Å². The van der Waals surface area contributed by atoms with Gasteiger partial charge in [0.1, 0.15) is 5.00 Å². The highest BCUT2D eigenvalue weighted by molar-refractivity contribution is 7.14. The number of nitrogens with zero attached hydrogens (tertiary/aromatic N) is 5. The number of terminal acetylenes is 1. The number of nitrogens with one attached hydrogen (secondary N) is 1. The van der Waals surface area contributed by atoms with Crippen LogP contribution in [0.3, 0.4) is 0 Å². The molecule has 3 N–H and O–H groups in total. The van der Waals surface area contributed by atoms with Gasteiger partial charge in [0.05, 0.1) is 23.2 Å². The monoisotopic (exact) mass is 665 g/mol. The summed E-state index contributed by atoms with van der Waals surface area (Å²) in [6.45, 7) is 7.35. The van der Waals surface area contributed by atoms with Crippen LogP contribution in [0.4, 0.5) is 15.5 Å². The van der Waals surface area contributed by atoms with Crippen molar-refractivity contribution in [3.05, 3.63) is 45.3 Å². The van der Waals surface area contributed by atoms with Gasteiger partial charge in [-0.25, -0.2) is 4.79 Å². The molecular formula is C34H44ClN7O3S. The number of nitrogen functional groups attached to an aromatic ring is 1. The number of halogens is 1. The highest BCUT2D eigenvalue weighted by Crippen LogP contribution is 2.32. The minimum absolute atomic E-state index is 0.00632. The molecule has 246 valence electrons. The molecule has 0 saturated carbocycles. The number of hydrogen-bond acceptors (Lipinski definition) is 7. The molecule has 5 heterocycles. The molecule has 6 rings (SSSR count). The molecule has 3 saturated heterocycles. The second-order valence-corrected chi connectivity index (χ2v) is 14.5. The second kappa shape index (κ2) is 14.2. The van der Waals surface area contributed by atoms with Crippen molar-refractivity contribution in [2.75, 3.05) is 70.5 Å². The maximum absolute atomic E-state index is 14.1. The Morgan fingerprint density at radius 1 is 1.04 bits per heavy atom. The van der Waals surface area contributed by atoms with Crippen molar-refractivity contribution >= 4 is 51.5 Å². The summed E-state index contributed by atoms with van der Waals surface area (Å²) in [6.07, 6.45) is 9.44. The van der Waals surface area contributed by atoms with Crippen LogP contribution in [0, 0.1) is 18.3 Å². The van der Waals surface area contributed by atoms with E-state index in [9.17, 15) is 14.4 Å². The maximum Gasteiger partial charge on any atom is 0.323 e. The molecule has 1 aromatic heterocycles. The lowest BCUT2D eigenvalue weighted by Crippen LogP contribution is -2.54. The third-order valence-corrected chi connectivity index (χ3v) is 11.4. The van der Waals surface area contributed by atoms with E-state index in [4.69, 9.17) is 23.8 Å². The van der Waals surface area contributed by atoms with Gasteiger partial charge in [-0.05, 0) is 68.3 Å². The van der Waals surface area contributed by atoms with Crippen molar-refractivity contribution in [3.8, 4) is 12.3 Å². The van der Waals surface area contributed by atoms with Crippen molar-refractivity contribution in [3.63, 3.8) is 0 Å². The van der Waals surface area contributed by atoms with Crippen LogP contribution in [-0.2, 0) is 22.6 Å². The Hall–Kier alpha value is -3.30. The summed E-state index contributed by atoms with van der Waals surface area (Å²) < 4.78 is 0. The average molecular weight is 666 g/mol. The first-order valence-electron chi connectivity index (χ1n) is 16.4. The molecule has 0 radical (unpaired) electrons. The lowest BCUT2D eigenvalue weighted by atomic mass is 9.91. The first-order chi connectivity index (χ1) is 22.2. The molecule has 0 aliphatic carbocycles. The van der Waals surface area contributed by atoms with Crippen LogP contribution in [0.2, 0.25) is 5.02 Å². The molecule has 46 heavy (non-hydrogen) atoms. The molecule has 4 amide bonds. The number of fused-ring (bicyclic) bond motifs is 1. The Morgan fingerprint density at radius 3 is 2.41 bits per heavy atom. The Morgan fingerprint density at radius 2 is 1.72 bits per heavy atom. The first kappa shape index (κ1) is 32.6. The maximum atomic E-state index is 14.1. The third-order valence-electron chi connectivity index (χ3n) is 10.3.